The highest BCUT2D eigenvalue weighted by molar-refractivity contribution is 5.97. The van der Waals surface area contributed by atoms with Crippen molar-refractivity contribution in [2.24, 2.45) is 0 Å². The molecule has 1 saturated heterocycles. The molecule has 16 heavy (non-hydrogen) atoms. The van der Waals surface area contributed by atoms with Gasteiger partial charge in [0.15, 0.2) is 5.78 Å². The van der Waals surface area contributed by atoms with Crippen LogP contribution in [-0.2, 0) is 4.74 Å². The van der Waals surface area contributed by atoms with Crippen LogP contribution in [0.3, 0.4) is 0 Å². The Morgan fingerprint density at radius 2 is 2.31 bits per heavy atom. The van der Waals surface area contributed by atoms with Crippen molar-refractivity contribution < 1.29 is 14.3 Å². The second kappa shape index (κ2) is 4.66. The SMILES string of the molecule is COc1ccc(C2CCOC2)cc1C(C)=O. The Morgan fingerprint density at radius 3 is 2.88 bits per heavy atom. The molecule has 1 aliphatic rings. The molecule has 0 N–H and O–H groups in total. The van der Waals surface area contributed by atoms with E-state index in [2.05, 4.69) is 0 Å². The number of ether oxygens (including phenoxy) is 2. The molecule has 3 nitrogen and oxygen atoms in total. The molecule has 0 amide bonds. The molecular weight excluding hydrogens is 204 g/mol. The predicted octanol–water partition coefficient (Wildman–Crippen LogP) is 2.40. The van der Waals surface area contributed by atoms with Crippen LogP contribution in [0, 0.1) is 0 Å². The summed E-state index contributed by atoms with van der Waals surface area (Å²) in [6, 6.07) is 5.82. The van der Waals surface area contributed by atoms with Gasteiger partial charge in [-0.05, 0) is 31.0 Å². The van der Waals surface area contributed by atoms with Crippen molar-refractivity contribution in [1.82, 2.24) is 0 Å². The van der Waals surface area contributed by atoms with Gasteiger partial charge < -0.3 is 9.47 Å². The van der Waals surface area contributed by atoms with E-state index in [4.69, 9.17) is 9.47 Å². The van der Waals surface area contributed by atoms with Crippen molar-refractivity contribution in [1.29, 1.82) is 0 Å². The maximum absolute atomic E-state index is 11.5. The van der Waals surface area contributed by atoms with Gasteiger partial charge in [0, 0.05) is 12.5 Å². The van der Waals surface area contributed by atoms with Crippen molar-refractivity contribution >= 4 is 5.78 Å². The number of carbonyl (C=O) groups excluding carboxylic acids is 1. The highest BCUT2D eigenvalue weighted by atomic mass is 16.5. The number of hydrogen-bond donors (Lipinski definition) is 0. The summed E-state index contributed by atoms with van der Waals surface area (Å²) in [5, 5.41) is 0. The van der Waals surface area contributed by atoms with E-state index >= 15 is 0 Å². The summed E-state index contributed by atoms with van der Waals surface area (Å²) in [5.74, 6) is 1.11. The molecule has 0 aliphatic carbocycles. The van der Waals surface area contributed by atoms with Crippen LogP contribution in [-0.4, -0.2) is 26.1 Å². The Kier molecular flexibility index (Phi) is 3.25. The van der Waals surface area contributed by atoms with Crippen LogP contribution in [0.15, 0.2) is 18.2 Å². The fourth-order valence-electron chi connectivity index (χ4n) is 2.05. The monoisotopic (exact) mass is 220 g/mol. The molecule has 1 aliphatic heterocycles. The van der Waals surface area contributed by atoms with Crippen LogP contribution >= 0.6 is 0 Å². The number of hydrogen-bond acceptors (Lipinski definition) is 3. The van der Waals surface area contributed by atoms with Gasteiger partial charge in [-0.1, -0.05) is 6.07 Å². The fourth-order valence-corrected chi connectivity index (χ4v) is 2.05. The Bertz CT molecular complexity index is 392. The second-order valence-corrected chi connectivity index (χ2v) is 4.08. The van der Waals surface area contributed by atoms with Crippen molar-refractivity contribution in [3.8, 4) is 5.75 Å². The molecule has 2 rings (SSSR count). The van der Waals surface area contributed by atoms with Gasteiger partial charge in [0.05, 0.1) is 19.3 Å². The third-order valence-electron chi connectivity index (χ3n) is 3.00. The minimum Gasteiger partial charge on any atom is -0.496 e. The number of Topliss-reactive ketones (excluding diaryl/α,β-unsaturated/α-hetero) is 1. The average molecular weight is 220 g/mol. The standard InChI is InChI=1S/C13H16O3/c1-9(14)12-7-10(3-4-13(12)15-2)11-5-6-16-8-11/h3-4,7,11H,5-6,8H2,1-2H3. The first-order valence-corrected chi connectivity index (χ1v) is 5.49. The molecule has 3 heteroatoms. The number of ketones is 1. The zero-order valence-corrected chi connectivity index (χ0v) is 9.66. The van der Waals surface area contributed by atoms with Gasteiger partial charge in [0.25, 0.3) is 0 Å². The molecule has 1 aromatic rings. The number of benzene rings is 1. The van der Waals surface area contributed by atoms with Gasteiger partial charge in [-0.2, -0.15) is 0 Å². The van der Waals surface area contributed by atoms with Gasteiger partial charge in [0.1, 0.15) is 5.75 Å². The largest absolute Gasteiger partial charge is 0.496 e. The lowest BCUT2D eigenvalue weighted by molar-refractivity contribution is 0.101. The van der Waals surface area contributed by atoms with E-state index in [-0.39, 0.29) is 5.78 Å². The molecule has 0 radical (unpaired) electrons. The minimum absolute atomic E-state index is 0.0395. The first-order valence-electron chi connectivity index (χ1n) is 5.49. The normalized spacial score (nSPS) is 19.8. The molecule has 0 bridgehead atoms. The first-order chi connectivity index (χ1) is 7.72. The minimum atomic E-state index is 0.0395. The average Bonchev–Trinajstić information content (AvgIpc) is 2.81. The molecule has 1 atom stereocenters. The quantitative estimate of drug-likeness (QED) is 0.734. The Morgan fingerprint density at radius 1 is 1.50 bits per heavy atom. The zero-order chi connectivity index (χ0) is 11.5. The molecule has 0 aromatic heterocycles. The lowest BCUT2D eigenvalue weighted by atomic mass is 9.95. The Balaban J connectivity index is 2.34. The van der Waals surface area contributed by atoms with Gasteiger partial charge in [-0.25, -0.2) is 0 Å². The van der Waals surface area contributed by atoms with E-state index in [0.29, 0.717) is 17.2 Å². The molecule has 1 aromatic carbocycles. The molecular formula is C13H16O3. The van der Waals surface area contributed by atoms with Crippen molar-refractivity contribution in [2.75, 3.05) is 20.3 Å². The summed E-state index contributed by atoms with van der Waals surface area (Å²) >= 11 is 0. The van der Waals surface area contributed by atoms with Crippen LogP contribution in [0.1, 0.15) is 35.2 Å². The maximum atomic E-state index is 11.5. The summed E-state index contributed by atoms with van der Waals surface area (Å²) in [4.78, 5) is 11.5. The summed E-state index contributed by atoms with van der Waals surface area (Å²) in [6.45, 7) is 3.13. The number of carbonyl (C=O) groups is 1. The maximum Gasteiger partial charge on any atom is 0.163 e. The molecule has 0 saturated carbocycles. The second-order valence-electron chi connectivity index (χ2n) is 4.08. The molecule has 1 heterocycles. The van der Waals surface area contributed by atoms with Crippen LogP contribution in [0.2, 0.25) is 0 Å². The van der Waals surface area contributed by atoms with Crippen LogP contribution < -0.4 is 4.74 Å². The van der Waals surface area contributed by atoms with Crippen LogP contribution in [0.5, 0.6) is 5.75 Å². The smallest absolute Gasteiger partial charge is 0.163 e. The first kappa shape index (κ1) is 11.1. The molecule has 0 spiro atoms. The Labute approximate surface area is 95.4 Å². The van der Waals surface area contributed by atoms with Gasteiger partial charge in [0.2, 0.25) is 0 Å². The van der Waals surface area contributed by atoms with Crippen molar-refractivity contribution in [3.63, 3.8) is 0 Å². The molecule has 1 fully saturated rings. The van der Waals surface area contributed by atoms with Crippen molar-refractivity contribution in [2.45, 2.75) is 19.3 Å². The van der Waals surface area contributed by atoms with E-state index < -0.39 is 0 Å². The fraction of sp³-hybridized carbons (Fsp3) is 0.462. The zero-order valence-electron chi connectivity index (χ0n) is 9.66. The number of methoxy groups -OCH3 is 1. The van der Waals surface area contributed by atoms with Crippen LogP contribution in [0.25, 0.3) is 0 Å². The lowest BCUT2D eigenvalue weighted by Crippen LogP contribution is -2.03. The van der Waals surface area contributed by atoms with E-state index in [1.807, 2.05) is 18.2 Å². The van der Waals surface area contributed by atoms with Crippen LogP contribution in [0.4, 0.5) is 0 Å². The highest BCUT2D eigenvalue weighted by Gasteiger charge is 2.19. The summed E-state index contributed by atoms with van der Waals surface area (Å²) < 4.78 is 10.5. The molecule has 1 unspecified atom stereocenters. The van der Waals surface area contributed by atoms with E-state index in [0.717, 1.165) is 19.6 Å². The lowest BCUT2D eigenvalue weighted by Gasteiger charge is -2.12. The predicted molar refractivity (Wildman–Crippen MR) is 61.2 cm³/mol. The van der Waals surface area contributed by atoms with Gasteiger partial charge in [-0.3, -0.25) is 4.79 Å². The third-order valence-corrected chi connectivity index (χ3v) is 3.00. The summed E-state index contributed by atoms with van der Waals surface area (Å²) in [7, 11) is 1.58. The topological polar surface area (TPSA) is 35.5 Å². The van der Waals surface area contributed by atoms with E-state index in [9.17, 15) is 4.79 Å². The summed E-state index contributed by atoms with van der Waals surface area (Å²) in [5.41, 5.74) is 1.83. The highest BCUT2D eigenvalue weighted by Crippen LogP contribution is 2.29. The van der Waals surface area contributed by atoms with E-state index in [1.165, 1.54) is 5.56 Å². The summed E-state index contributed by atoms with van der Waals surface area (Å²) in [6.07, 6.45) is 1.03. The number of rotatable bonds is 3. The Hall–Kier alpha value is -1.35. The van der Waals surface area contributed by atoms with Gasteiger partial charge >= 0.3 is 0 Å². The van der Waals surface area contributed by atoms with Gasteiger partial charge in [-0.15, -0.1) is 0 Å². The van der Waals surface area contributed by atoms with E-state index in [1.54, 1.807) is 14.0 Å². The third kappa shape index (κ3) is 2.09. The molecule has 86 valence electrons. The van der Waals surface area contributed by atoms with Crippen molar-refractivity contribution in [3.05, 3.63) is 29.3 Å².